The van der Waals surface area contributed by atoms with Gasteiger partial charge in [-0.25, -0.2) is 9.59 Å². The molecule has 0 fully saturated rings. The van der Waals surface area contributed by atoms with Crippen LogP contribution in [0.5, 0.6) is 5.75 Å². The van der Waals surface area contributed by atoms with E-state index in [0.29, 0.717) is 5.75 Å². The van der Waals surface area contributed by atoms with E-state index in [-0.39, 0.29) is 6.10 Å². The third-order valence-corrected chi connectivity index (χ3v) is 4.13. The summed E-state index contributed by atoms with van der Waals surface area (Å²) < 4.78 is 15.8. The molecule has 5 nitrogen and oxygen atoms in total. The van der Waals surface area contributed by atoms with Crippen LogP contribution >= 0.6 is 0 Å². The number of carbonyl (C=O) groups is 1. The first-order chi connectivity index (χ1) is 12.7. The summed E-state index contributed by atoms with van der Waals surface area (Å²) in [6, 6.07) is 8.64. The summed E-state index contributed by atoms with van der Waals surface area (Å²) in [4.78, 5) is 23.0. The van der Waals surface area contributed by atoms with E-state index in [1.165, 1.54) is 12.9 Å². The van der Waals surface area contributed by atoms with Crippen LogP contribution in [0.4, 0.5) is 0 Å². The third-order valence-electron chi connectivity index (χ3n) is 4.13. The van der Waals surface area contributed by atoms with Gasteiger partial charge in [0, 0.05) is 0 Å². The third kappa shape index (κ3) is 9.56. The van der Waals surface area contributed by atoms with Crippen LogP contribution in [0, 0.1) is 0 Å². The molecule has 0 aliphatic carbocycles. The van der Waals surface area contributed by atoms with Gasteiger partial charge in [0.1, 0.15) is 5.75 Å². The summed E-state index contributed by atoms with van der Waals surface area (Å²) in [6.45, 7) is 5.61. The number of hydrogen-bond donors (Lipinski definition) is 0. The minimum absolute atomic E-state index is 0.139. The Morgan fingerprint density at radius 2 is 1.58 bits per heavy atom. The lowest BCUT2D eigenvalue weighted by molar-refractivity contribution is -0.181. The SMILES string of the molecule is CCCCCCC(CCCCC)OC(O[C]=O)C(=O)Oc1ccccc1. The maximum absolute atomic E-state index is 12.3. The molecule has 0 heterocycles. The van der Waals surface area contributed by atoms with Crippen LogP contribution in [0.2, 0.25) is 0 Å². The summed E-state index contributed by atoms with van der Waals surface area (Å²) in [6.07, 6.45) is 7.87. The minimum Gasteiger partial charge on any atom is -0.422 e. The van der Waals surface area contributed by atoms with Gasteiger partial charge in [0.05, 0.1) is 6.10 Å². The Kier molecular flexibility index (Phi) is 12.2. The van der Waals surface area contributed by atoms with Gasteiger partial charge >= 0.3 is 18.7 Å². The van der Waals surface area contributed by atoms with Crippen LogP contribution in [0.1, 0.15) is 71.6 Å². The molecule has 0 aliphatic rings. The maximum atomic E-state index is 12.3. The number of unbranched alkanes of at least 4 members (excludes halogenated alkanes) is 5. The lowest BCUT2D eigenvalue weighted by Gasteiger charge is -2.22. The Labute approximate surface area is 157 Å². The molecule has 0 spiro atoms. The summed E-state index contributed by atoms with van der Waals surface area (Å²) in [5.41, 5.74) is 0. The molecule has 2 unspecified atom stereocenters. The van der Waals surface area contributed by atoms with Crippen molar-refractivity contribution in [2.75, 3.05) is 0 Å². The summed E-state index contributed by atoms with van der Waals surface area (Å²) in [7, 11) is 0. The molecule has 0 aromatic heterocycles. The topological polar surface area (TPSA) is 61.8 Å². The van der Waals surface area contributed by atoms with E-state index in [9.17, 15) is 9.59 Å². The minimum atomic E-state index is -1.38. The Bertz CT molecular complexity index is 488. The largest absolute Gasteiger partial charge is 0.422 e. The van der Waals surface area contributed by atoms with Gasteiger partial charge < -0.3 is 14.2 Å². The molecule has 145 valence electrons. The van der Waals surface area contributed by atoms with Gasteiger partial charge in [0.15, 0.2) is 0 Å². The molecular formula is C21H31O5. The van der Waals surface area contributed by atoms with Crippen LogP contribution in [-0.4, -0.2) is 24.8 Å². The molecule has 1 rings (SSSR count). The molecule has 5 heteroatoms. The standard InChI is InChI=1S/C21H31O5/c1-3-5-7-10-16-19(13-9-6-4-2)26-21(24-17-22)20(23)25-18-14-11-8-12-15-18/h8,11-12,14-15,19,21H,3-7,9-10,13,16H2,1-2H3. The average molecular weight is 363 g/mol. The van der Waals surface area contributed by atoms with E-state index in [4.69, 9.17) is 14.2 Å². The molecule has 0 saturated carbocycles. The fourth-order valence-corrected chi connectivity index (χ4v) is 2.70. The quantitative estimate of drug-likeness (QED) is 0.191. The number of ether oxygens (including phenoxy) is 3. The van der Waals surface area contributed by atoms with Crippen molar-refractivity contribution < 1.29 is 23.8 Å². The van der Waals surface area contributed by atoms with Crippen molar-refractivity contribution in [1.29, 1.82) is 0 Å². The second kappa shape index (κ2) is 14.3. The molecular weight excluding hydrogens is 332 g/mol. The molecule has 1 radical (unpaired) electrons. The first kappa shape index (κ1) is 22.2. The lowest BCUT2D eigenvalue weighted by atomic mass is 10.0. The van der Waals surface area contributed by atoms with E-state index in [2.05, 4.69) is 13.8 Å². The van der Waals surface area contributed by atoms with Gasteiger partial charge in [-0.15, -0.1) is 0 Å². The van der Waals surface area contributed by atoms with Crippen LogP contribution in [0.3, 0.4) is 0 Å². The van der Waals surface area contributed by atoms with Crippen molar-refractivity contribution in [1.82, 2.24) is 0 Å². The zero-order chi connectivity index (χ0) is 19.0. The predicted molar refractivity (Wildman–Crippen MR) is 100 cm³/mol. The summed E-state index contributed by atoms with van der Waals surface area (Å²) in [5.74, 6) is -0.361. The number of carbonyl (C=O) groups excluding carboxylic acids is 2. The highest BCUT2D eigenvalue weighted by Gasteiger charge is 2.27. The zero-order valence-electron chi connectivity index (χ0n) is 15.9. The van der Waals surface area contributed by atoms with Crippen molar-refractivity contribution in [2.45, 2.75) is 84.0 Å². The van der Waals surface area contributed by atoms with E-state index in [1.54, 1.807) is 24.3 Å². The Morgan fingerprint density at radius 1 is 0.962 bits per heavy atom. The average Bonchev–Trinajstić information content (AvgIpc) is 2.65. The molecule has 26 heavy (non-hydrogen) atoms. The van der Waals surface area contributed by atoms with Crippen molar-refractivity contribution in [3.63, 3.8) is 0 Å². The van der Waals surface area contributed by atoms with Gasteiger partial charge in [-0.2, -0.15) is 0 Å². The smallest absolute Gasteiger partial charge is 0.420 e. The predicted octanol–water partition coefficient (Wildman–Crippen LogP) is 4.94. The highest BCUT2D eigenvalue weighted by Crippen LogP contribution is 2.18. The number of hydrogen-bond acceptors (Lipinski definition) is 5. The van der Waals surface area contributed by atoms with E-state index in [0.717, 1.165) is 51.4 Å². The van der Waals surface area contributed by atoms with E-state index in [1.807, 2.05) is 6.07 Å². The zero-order valence-corrected chi connectivity index (χ0v) is 15.9. The molecule has 1 aromatic carbocycles. The highest BCUT2D eigenvalue weighted by atomic mass is 16.7. The summed E-state index contributed by atoms with van der Waals surface area (Å²) >= 11 is 0. The molecule has 0 aliphatic heterocycles. The Balaban J connectivity index is 2.62. The van der Waals surface area contributed by atoms with Crippen molar-refractivity contribution in [2.24, 2.45) is 0 Å². The van der Waals surface area contributed by atoms with E-state index < -0.39 is 12.3 Å². The van der Waals surface area contributed by atoms with Gasteiger partial charge in [-0.3, -0.25) is 0 Å². The van der Waals surface area contributed by atoms with Gasteiger partial charge in [0.25, 0.3) is 0 Å². The van der Waals surface area contributed by atoms with Crippen LogP contribution < -0.4 is 4.74 Å². The Hall–Kier alpha value is -1.88. The molecule has 0 N–H and O–H groups in total. The van der Waals surface area contributed by atoms with Crippen LogP contribution in [0.15, 0.2) is 30.3 Å². The number of benzene rings is 1. The van der Waals surface area contributed by atoms with Crippen molar-refractivity contribution >= 4 is 12.4 Å². The van der Waals surface area contributed by atoms with Gasteiger partial charge in [0.2, 0.25) is 0 Å². The number of para-hydroxylation sites is 1. The maximum Gasteiger partial charge on any atom is 0.420 e. The molecule has 2 atom stereocenters. The van der Waals surface area contributed by atoms with Gasteiger partial charge in [-0.1, -0.05) is 77.0 Å². The monoisotopic (exact) mass is 363 g/mol. The first-order valence-corrected chi connectivity index (χ1v) is 9.66. The fraction of sp³-hybridized carbons (Fsp3) is 0.619. The number of rotatable bonds is 15. The normalized spacial score (nSPS) is 13.0. The molecule has 0 saturated heterocycles. The molecule has 0 bridgehead atoms. The summed E-state index contributed by atoms with van der Waals surface area (Å²) in [5, 5.41) is 0. The fourth-order valence-electron chi connectivity index (χ4n) is 2.70. The highest BCUT2D eigenvalue weighted by molar-refractivity contribution is 5.76. The Morgan fingerprint density at radius 3 is 2.19 bits per heavy atom. The van der Waals surface area contributed by atoms with Gasteiger partial charge in [-0.05, 0) is 25.0 Å². The first-order valence-electron chi connectivity index (χ1n) is 9.66. The van der Waals surface area contributed by atoms with Crippen LogP contribution in [-0.2, 0) is 19.1 Å². The van der Waals surface area contributed by atoms with Crippen molar-refractivity contribution in [3.05, 3.63) is 30.3 Å². The molecule has 0 amide bonds. The van der Waals surface area contributed by atoms with E-state index >= 15 is 0 Å². The second-order valence-electron chi connectivity index (χ2n) is 6.37. The lowest BCUT2D eigenvalue weighted by Crippen LogP contribution is -2.35. The number of esters is 1. The van der Waals surface area contributed by atoms with Crippen LogP contribution in [0.25, 0.3) is 0 Å². The molecule has 1 aromatic rings. The van der Waals surface area contributed by atoms with Crippen molar-refractivity contribution in [3.8, 4) is 5.75 Å². The second-order valence-corrected chi connectivity index (χ2v) is 6.37.